The van der Waals surface area contributed by atoms with Gasteiger partial charge in [-0.1, -0.05) is 21.6 Å². The number of carboxylic acids is 1. The van der Waals surface area contributed by atoms with Gasteiger partial charge in [0.1, 0.15) is 12.3 Å². The van der Waals surface area contributed by atoms with E-state index in [1.54, 1.807) is 0 Å². The van der Waals surface area contributed by atoms with Crippen molar-refractivity contribution in [1.29, 1.82) is 0 Å². The molecule has 0 bridgehead atoms. The summed E-state index contributed by atoms with van der Waals surface area (Å²) in [6.07, 6.45) is 0.657. The first kappa shape index (κ1) is 12.8. The molecule has 0 aromatic carbocycles. The van der Waals surface area contributed by atoms with Crippen LogP contribution in [0.1, 0.15) is 0 Å². The first-order chi connectivity index (χ1) is 6.07. The second kappa shape index (κ2) is 7.19. The fraction of sp³-hybridized carbons (Fsp3) is 0.667. The van der Waals surface area contributed by atoms with Crippen LogP contribution in [0, 0.1) is 0 Å². The zero-order chi connectivity index (χ0) is 10.3. The summed E-state index contributed by atoms with van der Waals surface area (Å²) in [6.45, 7) is 0. The predicted molar refractivity (Wildman–Crippen MR) is 54.6 cm³/mol. The highest BCUT2D eigenvalue weighted by atomic mass is 33.1. The standard InChI is InChI=1S/C6H12N2O3S2/c7-4(1-9)2-12-13-3-5(8)6(10)11/h1,4-5H,2-3,7-8H2,(H,10,11). The zero-order valence-corrected chi connectivity index (χ0v) is 8.51. The number of aliphatic carboxylic acids is 1. The normalized spacial score (nSPS) is 14.9. The number of aldehydes is 1. The third-order valence-corrected chi connectivity index (χ3v) is 3.58. The Bertz CT molecular complexity index is 179. The summed E-state index contributed by atoms with van der Waals surface area (Å²) in [4.78, 5) is 20.3. The van der Waals surface area contributed by atoms with Crippen molar-refractivity contribution in [2.45, 2.75) is 12.1 Å². The van der Waals surface area contributed by atoms with E-state index < -0.39 is 18.1 Å². The van der Waals surface area contributed by atoms with E-state index in [1.807, 2.05) is 0 Å². The second-order valence-electron chi connectivity index (χ2n) is 2.31. The van der Waals surface area contributed by atoms with Crippen LogP contribution in [-0.4, -0.2) is 41.0 Å². The molecule has 0 heterocycles. The molecule has 76 valence electrons. The van der Waals surface area contributed by atoms with Gasteiger partial charge >= 0.3 is 5.97 Å². The molecule has 0 spiro atoms. The molecule has 13 heavy (non-hydrogen) atoms. The fourth-order valence-corrected chi connectivity index (χ4v) is 2.56. The summed E-state index contributed by atoms with van der Waals surface area (Å²) in [5.41, 5.74) is 10.5. The maximum atomic E-state index is 10.3. The molecule has 0 aliphatic heterocycles. The second-order valence-corrected chi connectivity index (χ2v) is 4.87. The lowest BCUT2D eigenvalue weighted by Gasteiger charge is -2.05. The van der Waals surface area contributed by atoms with Gasteiger partial charge in [-0.15, -0.1) is 0 Å². The molecule has 0 saturated carbocycles. The lowest BCUT2D eigenvalue weighted by atomic mass is 10.4. The summed E-state index contributed by atoms with van der Waals surface area (Å²) in [5.74, 6) is -0.237. The summed E-state index contributed by atoms with van der Waals surface area (Å²) < 4.78 is 0. The average Bonchev–Trinajstić information content (AvgIpc) is 2.11. The Morgan fingerprint density at radius 2 is 1.92 bits per heavy atom. The van der Waals surface area contributed by atoms with Gasteiger partial charge in [-0.25, -0.2) is 0 Å². The molecular weight excluding hydrogens is 212 g/mol. The number of nitrogens with two attached hydrogens (primary N) is 2. The Kier molecular flexibility index (Phi) is 7.06. The van der Waals surface area contributed by atoms with Crippen LogP contribution >= 0.6 is 21.6 Å². The Labute approximate surface area is 84.0 Å². The summed E-state index contributed by atoms with van der Waals surface area (Å²) in [5, 5.41) is 8.41. The smallest absolute Gasteiger partial charge is 0.321 e. The molecule has 0 rings (SSSR count). The third-order valence-electron chi connectivity index (χ3n) is 1.08. The first-order valence-corrected chi connectivity index (χ1v) is 6.00. The van der Waals surface area contributed by atoms with Crippen molar-refractivity contribution in [2.75, 3.05) is 11.5 Å². The van der Waals surface area contributed by atoms with Gasteiger partial charge in [0.05, 0.1) is 6.04 Å². The zero-order valence-electron chi connectivity index (χ0n) is 6.88. The van der Waals surface area contributed by atoms with E-state index in [9.17, 15) is 9.59 Å². The maximum absolute atomic E-state index is 10.3. The molecule has 0 amide bonds. The predicted octanol–water partition coefficient (Wildman–Crippen LogP) is -0.694. The molecule has 2 unspecified atom stereocenters. The number of carboxylic acid groups (broad SMARTS) is 1. The summed E-state index contributed by atoms with van der Waals surface area (Å²) in [6, 6.07) is -1.34. The monoisotopic (exact) mass is 224 g/mol. The first-order valence-electron chi connectivity index (χ1n) is 3.51. The van der Waals surface area contributed by atoms with Crippen molar-refractivity contribution < 1.29 is 14.7 Å². The Morgan fingerprint density at radius 3 is 2.38 bits per heavy atom. The van der Waals surface area contributed by atoms with Crippen LogP contribution in [0.2, 0.25) is 0 Å². The highest BCUT2D eigenvalue weighted by Crippen LogP contribution is 2.21. The van der Waals surface area contributed by atoms with E-state index in [1.165, 1.54) is 21.6 Å². The van der Waals surface area contributed by atoms with E-state index >= 15 is 0 Å². The number of carbonyl (C=O) groups excluding carboxylic acids is 1. The molecule has 5 N–H and O–H groups in total. The van der Waals surface area contributed by atoms with Gasteiger partial charge < -0.3 is 21.4 Å². The Hall–Kier alpha value is -0.240. The molecular formula is C6H12N2O3S2. The molecule has 0 radical (unpaired) electrons. The molecule has 2 atom stereocenters. The van der Waals surface area contributed by atoms with E-state index in [4.69, 9.17) is 16.6 Å². The van der Waals surface area contributed by atoms with E-state index in [0.717, 1.165) is 0 Å². The van der Waals surface area contributed by atoms with E-state index in [-0.39, 0.29) is 0 Å². The van der Waals surface area contributed by atoms with Crippen molar-refractivity contribution >= 4 is 33.8 Å². The van der Waals surface area contributed by atoms with Crippen LogP contribution in [0.15, 0.2) is 0 Å². The van der Waals surface area contributed by atoms with Gasteiger partial charge in [0, 0.05) is 11.5 Å². The fourth-order valence-electron chi connectivity index (χ4n) is 0.359. The van der Waals surface area contributed by atoms with Crippen molar-refractivity contribution in [2.24, 2.45) is 11.5 Å². The van der Waals surface area contributed by atoms with Gasteiger partial charge in [0.2, 0.25) is 0 Å². The van der Waals surface area contributed by atoms with Crippen molar-refractivity contribution in [1.82, 2.24) is 0 Å². The summed E-state index contributed by atoms with van der Waals surface area (Å²) in [7, 11) is 2.65. The molecule has 0 aromatic heterocycles. The van der Waals surface area contributed by atoms with E-state index in [2.05, 4.69) is 0 Å². The Balaban J connectivity index is 3.35. The minimum absolute atomic E-state index is 0.311. The summed E-state index contributed by atoms with van der Waals surface area (Å²) >= 11 is 0. The number of hydrogen-bond acceptors (Lipinski definition) is 6. The van der Waals surface area contributed by atoms with Crippen LogP contribution in [0.5, 0.6) is 0 Å². The highest BCUT2D eigenvalue weighted by Gasteiger charge is 2.11. The molecule has 0 saturated heterocycles. The average molecular weight is 224 g/mol. The van der Waals surface area contributed by atoms with Gasteiger partial charge in [0.15, 0.2) is 0 Å². The van der Waals surface area contributed by atoms with E-state index in [0.29, 0.717) is 17.8 Å². The van der Waals surface area contributed by atoms with Crippen LogP contribution in [0.25, 0.3) is 0 Å². The molecule has 7 heteroatoms. The number of rotatable bonds is 7. The number of hydrogen-bond donors (Lipinski definition) is 3. The third kappa shape index (κ3) is 6.88. The van der Waals surface area contributed by atoms with Gasteiger partial charge in [-0.2, -0.15) is 0 Å². The van der Waals surface area contributed by atoms with Crippen LogP contribution in [0.4, 0.5) is 0 Å². The molecule has 0 aromatic rings. The molecule has 0 fully saturated rings. The molecule has 0 aliphatic carbocycles. The van der Waals surface area contributed by atoms with Crippen molar-refractivity contribution in [3.63, 3.8) is 0 Å². The highest BCUT2D eigenvalue weighted by molar-refractivity contribution is 8.76. The van der Waals surface area contributed by atoms with Crippen molar-refractivity contribution in [3.8, 4) is 0 Å². The quantitative estimate of drug-likeness (QED) is 0.298. The van der Waals surface area contributed by atoms with Crippen LogP contribution in [-0.2, 0) is 9.59 Å². The van der Waals surface area contributed by atoms with Crippen LogP contribution in [0.3, 0.4) is 0 Å². The van der Waals surface area contributed by atoms with Gasteiger partial charge in [-0.3, -0.25) is 4.79 Å². The van der Waals surface area contributed by atoms with Crippen molar-refractivity contribution in [3.05, 3.63) is 0 Å². The lowest BCUT2D eigenvalue weighted by Crippen LogP contribution is -2.32. The maximum Gasteiger partial charge on any atom is 0.321 e. The van der Waals surface area contributed by atoms with Gasteiger partial charge in [0.25, 0.3) is 0 Å². The SMILES string of the molecule is NC(C=O)CSSCC(N)C(=O)O. The molecule has 0 aliphatic rings. The lowest BCUT2D eigenvalue weighted by molar-refractivity contribution is -0.137. The number of carbonyl (C=O) groups is 2. The Morgan fingerprint density at radius 1 is 1.38 bits per heavy atom. The van der Waals surface area contributed by atoms with Gasteiger partial charge in [-0.05, 0) is 0 Å². The topological polar surface area (TPSA) is 106 Å². The minimum Gasteiger partial charge on any atom is -0.480 e. The minimum atomic E-state index is -1.02. The molecule has 5 nitrogen and oxygen atoms in total. The van der Waals surface area contributed by atoms with Crippen LogP contribution < -0.4 is 11.5 Å². The largest absolute Gasteiger partial charge is 0.480 e.